The van der Waals surface area contributed by atoms with Crippen molar-refractivity contribution in [2.75, 3.05) is 18.8 Å². The molecule has 1 aromatic heterocycles. The fraction of sp³-hybridized carbons (Fsp3) is 0.0952. The zero-order chi connectivity index (χ0) is 22.9. The molecule has 1 aliphatic heterocycles. The first-order valence-electron chi connectivity index (χ1n) is 9.35. The van der Waals surface area contributed by atoms with Gasteiger partial charge in [0.15, 0.2) is 5.17 Å². The van der Waals surface area contributed by atoms with E-state index in [0.717, 1.165) is 20.8 Å². The number of anilines is 1. The van der Waals surface area contributed by atoms with E-state index in [1.165, 1.54) is 44.1 Å². The van der Waals surface area contributed by atoms with Crippen LogP contribution < -0.4 is 10.0 Å². The number of hydrogen-bond acceptors (Lipinski definition) is 6. The summed E-state index contributed by atoms with van der Waals surface area (Å²) in [6.07, 6.45) is 3.51. The Morgan fingerprint density at radius 2 is 2.00 bits per heavy atom. The minimum atomic E-state index is -3.67. The van der Waals surface area contributed by atoms with Crippen molar-refractivity contribution in [3.63, 3.8) is 0 Å². The fourth-order valence-electron chi connectivity index (χ4n) is 2.83. The molecule has 1 aliphatic rings. The second-order valence-corrected chi connectivity index (χ2v) is 10.3. The number of carbonyl (C=O) groups excluding carboxylic acids is 1. The van der Waals surface area contributed by atoms with E-state index in [9.17, 15) is 13.2 Å². The number of rotatable bonds is 5. The Kier molecular flexibility index (Phi) is 6.20. The molecular weight excluding hydrogens is 470 g/mol. The van der Waals surface area contributed by atoms with Gasteiger partial charge in [-0.3, -0.25) is 14.5 Å². The smallest absolute Gasteiger partial charge is 0.300 e. The molecule has 8 nitrogen and oxygen atoms in total. The number of carbonyl (C=O) groups is 1. The van der Waals surface area contributed by atoms with Gasteiger partial charge in [-0.1, -0.05) is 23.7 Å². The molecule has 32 heavy (non-hydrogen) atoms. The van der Waals surface area contributed by atoms with Gasteiger partial charge in [-0.2, -0.15) is 12.7 Å². The Labute approximate surface area is 194 Å². The number of aromatic nitrogens is 1. The van der Waals surface area contributed by atoms with Crippen molar-refractivity contribution < 1.29 is 13.2 Å². The van der Waals surface area contributed by atoms with Crippen molar-refractivity contribution in [1.29, 1.82) is 0 Å². The molecule has 0 spiro atoms. The SMILES string of the molecule is CN(C)S(=O)(=O)Nc1ccc(Cl)c(N=C2NC(=O)/C(=C/c3ccc4ncccc4c3)S2)c1. The summed E-state index contributed by atoms with van der Waals surface area (Å²) in [5.41, 5.74) is 2.37. The maximum Gasteiger partial charge on any atom is 0.301 e. The number of benzene rings is 2. The minimum Gasteiger partial charge on any atom is -0.300 e. The lowest BCUT2D eigenvalue weighted by molar-refractivity contribution is -0.115. The van der Waals surface area contributed by atoms with Gasteiger partial charge < -0.3 is 5.32 Å². The number of pyridine rings is 1. The van der Waals surface area contributed by atoms with Crippen LogP contribution in [0.4, 0.5) is 11.4 Å². The van der Waals surface area contributed by atoms with Gasteiger partial charge in [0.1, 0.15) is 0 Å². The van der Waals surface area contributed by atoms with E-state index in [1.807, 2.05) is 30.3 Å². The van der Waals surface area contributed by atoms with Crippen LogP contribution >= 0.6 is 23.4 Å². The second kappa shape index (κ2) is 8.91. The number of amidine groups is 1. The largest absolute Gasteiger partial charge is 0.301 e. The Morgan fingerprint density at radius 3 is 2.78 bits per heavy atom. The molecule has 0 saturated carbocycles. The lowest BCUT2D eigenvalue weighted by Gasteiger charge is -2.13. The van der Waals surface area contributed by atoms with Gasteiger partial charge in [-0.25, -0.2) is 4.99 Å². The Morgan fingerprint density at radius 1 is 1.19 bits per heavy atom. The molecule has 0 unspecified atom stereocenters. The summed E-state index contributed by atoms with van der Waals surface area (Å²) in [6, 6.07) is 14.1. The van der Waals surface area contributed by atoms with Gasteiger partial charge in [0, 0.05) is 25.7 Å². The van der Waals surface area contributed by atoms with Crippen LogP contribution in [0.3, 0.4) is 0 Å². The summed E-state index contributed by atoms with van der Waals surface area (Å²) in [7, 11) is -0.831. The molecule has 0 atom stereocenters. The number of halogens is 1. The molecule has 0 aliphatic carbocycles. The van der Waals surface area contributed by atoms with Gasteiger partial charge in [0.25, 0.3) is 5.91 Å². The van der Waals surface area contributed by atoms with E-state index in [4.69, 9.17) is 11.6 Å². The Bertz CT molecular complexity index is 1390. The molecule has 4 rings (SSSR count). The predicted molar refractivity (Wildman–Crippen MR) is 130 cm³/mol. The minimum absolute atomic E-state index is 0.277. The van der Waals surface area contributed by atoms with Gasteiger partial charge in [0.05, 0.1) is 26.8 Å². The summed E-state index contributed by atoms with van der Waals surface area (Å²) in [6.45, 7) is 0. The van der Waals surface area contributed by atoms with Crippen molar-refractivity contribution in [3.05, 3.63) is 70.2 Å². The first-order valence-corrected chi connectivity index (χ1v) is 12.0. The first kappa shape index (κ1) is 22.3. The summed E-state index contributed by atoms with van der Waals surface area (Å²) >= 11 is 7.40. The average Bonchev–Trinajstić information content (AvgIpc) is 3.08. The van der Waals surface area contributed by atoms with Gasteiger partial charge in [-0.15, -0.1) is 0 Å². The van der Waals surface area contributed by atoms with E-state index in [0.29, 0.717) is 26.5 Å². The van der Waals surface area contributed by atoms with E-state index < -0.39 is 10.2 Å². The highest BCUT2D eigenvalue weighted by Gasteiger charge is 2.24. The highest BCUT2D eigenvalue weighted by molar-refractivity contribution is 8.18. The lowest BCUT2D eigenvalue weighted by atomic mass is 10.1. The zero-order valence-corrected chi connectivity index (χ0v) is 19.4. The molecule has 11 heteroatoms. The van der Waals surface area contributed by atoms with Crippen molar-refractivity contribution in [1.82, 2.24) is 14.6 Å². The lowest BCUT2D eigenvalue weighted by Crippen LogP contribution is -2.28. The third-order valence-electron chi connectivity index (χ3n) is 4.47. The van der Waals surface area contributed by atoms with E-state index in [1.54, 1.807) is 12.3 Å². The number of fused-ring (bicyclic) bond motifs is 1. The van der Waals surface area contributed by atoms with Crippen LogP contribution in [0.2, 0.25) is 5.02 Å². The van der Waals surface area contributed by atoms with Crippen molar-refractivity contribution in [2.45, 2.75) is 0 Å². The standard InChI is InChI=1S/C21H18ClN5O3S2/c1-27(2)32(29,30)26-15-6-7-16(22)18(12-15)24-21-25-20(28)19(31-21)11-13-5-8-17-14(10-13)4-3-9-23-17/h3-12,26H,1-2H3,(H,24,25,28)/b19-11-. The molecule has 2 N–H and O–H groups in total. The maximum absolute atomic E-state index is 12.4. The van der Waals surface area contributed by atoms with Gasteiger partial charge >= 0.3 is 10.2 Å². The van der Waals surface area contributed by atoms with Crippen LogP contribution in [-0.2, 0) is 15.0 Å². The van der Waals surface area contributed by atoms with Crippen molar-refractivity contribution >= 4 is 73.0 Å². The molecule has 0 bridgehead atoms. The van der Waals surface area contributed by atoms with Gasteiger partial charge in [-0.05, 0) is 59.8 Å². The quantitative estimate of drug-likeness (QED) is 0.529. The van der Waals surface area contributed by atoms with Crippen LogP contribution in [-0.4, -0.2) is 42.9 Å². The highest BCUT2D eigenvalue weighted by atomic mass is 35.5. The molecule has 3 aromatic rings. The van der Waals surface area contributed by atoms with E-state index in [-0.39, 0.29) is 5.91 Å². The van der Waals surface area contributed by atoms with Crippen LogP contribution in [0.1, 0.15) is 5.56 Å². The average molecular weight is 488 g/mol. The maximum atomic E-state index is 12.4. The summed E-state index contributed by atoms with van der Waals surface area (Å²) < 4.78 is 27.6. The molecule has 2 aromatic carbocycles. The number of thioether (sulfide) groups is 1. The van der Waals surface area contributed by atoms with E-state index in [2.05, 4.69) is 20.0 Å². The third-order valence-corrected chi connectivity index (χ3v) is 7.16. The Hall–Kier alpha value is -2.92. The molecule has 164 valence electrons. The van der Waals surface area contributed by atoms with Crippen LogP contribution in [0.15, 0.2) is 64.6 Å². The number of nitrogens with zero attached hydrogens (tertiary/aromatic N) is 3. The predicted octanol–water partition coefficient (Wildman–Crippen LogP) is 4.00. The monoisotopic (exact) mass is 487 g/mol. The van der Waals surface area contributed by atoms with Crippen LogP contribution in [0.25, 0.3) is 17.0 Å². The number of nitrogens with one attached hydrogen (secondary N) is 2. The van der Waals surface area contributed by atoms with E-state index >= 15 is 0 Å². The molecule has 1 saturated heterocycles. The normalized spacial score (nSPS) is 16.8. The van der Waals surface area contributed by atoms with Crippen LogP contribution in [0.5, 0.6) is 0 Å². The molecule has 1 amide bonds. The number of aliphatic imine (C=N–C) groups is 1. The zero-order valence-electron chi connectivity index (χ0n) is 17.0. The Balaban J connectivity index is 1.59. The first-order chi connectivity index (χ1) is 15.2. The summed E-state index contributed by atoms with van der Waals surface area (Å²) in [5, 5.41) is 4.35. The summed E-state index contributed by atoms with van der Waals surface area (Å²) in [5.74, 6) is -0.277. The van der Waals surface area contributed by atoms with Gasteiger partial charge in [0.2, 0.25) is 0 Å². The fourth-order valence-corrected chi connectivity index (χ4v) is 4.43. The van der Waals surface area contributed by atoms with Crippen molar-refractivity contribution in [2.24, 2.45) is 4.99 Å². The highest BCUT2D eigenvalue weighted by Crippen LogP contribution is 2.33. The molecule has 2 heterocycles. The third kappa shape index (κ3) is 4.94. The van der Waals surface area contributed by atoms with Crippen LogP contribution in [0, 0.1) is 0 Å². The second-order valence-electron chi connectivity index (χ2n) is 6.99. The molecule has 1 fully saturated rings. The molecule has 0 radical (unpaired) electrons. The number of amides is 1. The summed E-state index contributed by atoms with van der Waals surface area (Å²) in [4.78, 5) is 21.6. The number of hydrogen-bond donors (Lipinski definition) is 2. The van der Waals surface area contributed by atoms with Crippen molar-refractivity contribution in [3.8, 4) is 0 Å². The molecular formula is C21H18ClN5O3S2. The topological polar surface area (TPSA) is 104 Å².